The highest BCUT2D eigenvalue weighted by Crippen LogP contribution is 2.23. The molecule has 1 aliphatic rings. The third-order valence-electron chi connectivity index (χ3n) is 3.04. The zero-order valence-electron chi connectivity index (χ0n) is 9.97. The van der Waals surface area contributed by atoms with E-state index in [1.54, 1.807) is 0 Å². The fourth-order valence-corrected chi connectivity index (χ4v) is 2.34. The summed E-state index contributed by atoms with van der Waals surface area (Å²) < 4.78 is 0. The van der Waals surface area contributed by atoms with E-state index in [-0.39, 0.29) is 11.9 Å². The van der Waals surface area contributed by atoms with Crippen LogP contribution in [-0.2, 0) is 0 Å². The molecule has 0 spiro atoms. The molecule has 0 bridgehead atoms. The molecule has 0 unspecified atom stereocenters. The lowest BCUT2D eigenvalue weighted by atomic mass is 9.95. The van der Waals surface area contributed by atoms with Crippen LogP contribution in [-0.4, -0.2) is 46.5 Å². The number of carbonyl (C=O) groups is 1. The number of nitro groups is 1. The van der Waals surface area contributed by atoms with Crippen molar-refractivity contribution in [3.05, 3.63) is 10.1 Å². The van der Waals surface area contributed by atoms with Gasteiger partial charge in [-0.25, -0.2) is 14.9 Å². The van der Waals surface area contributed by atoms with Gasteiger partial charge in [-0.05, 0) is 17.9 Å². The predicted octanol–water partition coefficient (Wildman–Crippen LogP) is 2.10. The topological polar surface area (TPSA) is 66.7 Å². The summed E-state index contributed by atoms with van der Waals surface area (Å²) >= 11 is 5.53. The average Bonchev–Trinajstić information content (AvgIpc) is 2.30. The fraction of sp³-hybridized carbons (Fsp3) is 0.900. The number of alkyl halides is 1. The minimum Gasteiger partial charge on any atom is -0.322 e. The van der Waals surface area contributed by atoms with Crippen molar-refractivity contribution in [2.45, 2.75) is 38.1 Å². The summed E-state index contributed by atoms with van der Waals surface area (Å²) in [4.78, 5) is 24.2. The molecule has 6 nitrogen and oxygen atoms in total. The number of carbonyl (C=O) groups excluding carboxylic acids is 1. The van der Waals surface area contributed by atoms with E-state index in [0.29, 0.717) is 19.4 Å². The summed E-state index contributed by atoms with van der Waals surface area (Å²) in [5.74, 6) is 0.276. The molecule has 0 aromatic rings. The van der Waals surface area contributed by atoms with Gasteiger partial charge in [-0.15, -0.1) is 11.6 Å². The van der Waals surface area contributed by atoms with Gasteiger partial charge in [0.25, 0.3) is 0 Å². The molecule has 2 amide bonds. The van der Waals surface area contributed by atoms with E-state index in [2.05, 4.69) is 0 Å². The molecule has 17 heavy (non-hydrogen) atoms. The number of halogens is 1. The molecule has 0 aromatic carbocycles. The van der Waals surface area contributed by atoms with Gasteiger partial charge in [-0.1, -0.05) is 19.3 Å². The van der Waals surface area contributed by atoms with E-state index in [1.165, 1.54) is 11.9 Å². The quantitative estimate of drug-likeness (QED) is 0.443. The molecular formula is C10H18ClN3O3. The molecule has 1 rings (SSSR count). The van der Waals surface area contributed by atoms with Crippen LogP contribution in [0.2, 0.25) is 0 Å². The first kappa shape index (κ1) is 14.0. The highest BCUT2D eigenvalue weighted by molar-refractivity contribution is 6.18. The fourth-order valence-electron chi connectivity index (χ4n) is 2.08. The number of hydrogen-bond donors (Lipinski definition) is 0. The lowest BCUT2D eigenvalue weighted by molar-refractivity contribution is -0.643. The first-order chi connectivity index (χ1) is 8.07. The van der Waals surface area contributed by atoms with Crippen LogP contribution in [0.15, 0.2) is 0 Å². The van der Waals surface area contributed by atoms with Gasteiger partial charge in [0.1, 0.15) is 6.04 Å². The Hall–Kier alpha value is -1.04. The van der Waals surface area contributed by atoms with Crippen molar-refractivity contribution < 1.29 is 9.83 Å². The number of nitrogens with zero attached hydrogens (tertiary/aromatic N) is 3. The van der Waals surface area contributed by atoms with Crippen LogP contribution in [0.1, 0.15) is 32.1 Å². The van der Waals surface area contributed by atoms with Crippen LogP contribution in [0, 0.1) is 10.1 Å². The van der Waals surface area contributed by atoms with E-state index in [9.17, 15) is 14.9 Å². The van der Waals surface area contributed by atoms with Gasteiger partial charge in [0.05, 0.1) is 0 Å². The van der Waals surface area contributed by atoms with Crippen molar-refractivity contribution in [2.75, 3.05) is 19.5 Å². The number of hydrazine groups is 1. The number of rotatable bonds is 4. The molecule has 1 aliphatic carbocycles. The lowest BCUT2D eigenvalue weighted by Crippen LogP contribution is -2.50. The largest absolute Gasteiger partial charge is 0.377 e. The van der Waals surface area contributed by atoms with Crippen LogP contribution in [0.5, 0.6) is 0 Å². The molecular weight excluding hydrogens is 246 g/mol. The van der Waals surface area contributed by atoms with Crippen LogP contribution >= 0.6 is 11.6 Å². The van der Waals surface area contributed by atoms with Crippen molar-refractivity contribution >= 4 is 17.6 Å². The van der Waals surface area contributed by atoms with E-state index in [4.69, 9.17) is 11.6 Å². The standard InChI is InChI=1S/C10H18ClN3O3/c1-12(8-7-11)10(15)13(14(16)17)9-5-3-2-4-6-9/h9H,2-8H2,1H3. The predicted molar refractivity (Wildman–Crippen MR) is 64.5 cm³/mol. The molecule has 98 valence electrons. The second-order valence-corrected chi connectivity index (χ2v) is 4.65. The van der Waals surface area contributed by atoms with Crippen molar-refractivity contribution in [3.8, 4) is 0 Å². The number of amides is 2. The molecule has 7 heteroatoms. The Morgan fingerprint density at radius 1 is 1.41 bits per heavy atom. The second-order valence-electron chi connectivity index (χ2n) is 4.27. The zero-order valence-corrected chi connectivity index (χ0v) is 10.7. The maximum atomic E-state index is 11.9. The molecule has 0 heterocycles. The van der Waals surface area contributed by atoms with Crippen LogP contribution in [0.25, 0.3) is 0 Å². The SMILES string of the molecule is CN(CCCl)C(=O)N(C1CCCCC1)[N+](=O)[O-]. The Kier molecular flexibility index (Phi) is 5.47. The summed E-state index contributed by atoms with van der Waals surface area (Å²) in [6.45, 7) is 0.317. The molecule has 1 fully saturated rings. The maximum absolute atomic E-state index is 11.9. The zero-order chi connectivity index (χ0) is 12.8. The van der Waals surface area contributed by atoms with Gasteiger partial charge in [0.2, 0.25) is 0 Å². The van der Waals surface area contributed by atoms with Crippen LogP contribution in [0.3, 0.4) is 0 Å². The Morgan fingerprint density at radius 2 is 2.00 bits per heavy atom. The molecule has 0 radical (unpaired) electrons. The molecule has 0 saturated heterocycles. The average molecular weight is 264 g/mol. The summed E-state index contributed by atoms with van der Waals surface area (Å²) in [7, 11) is 1.53. The van der Waals surface area contributed by atoms with Gasteiger partial charge >= 0.3 is 6.03 Å². The highest BCUT2D eigenvalue weighted by Gasteiger charge is 2.36. The first-order valence-electron chi connectivity index (χ1n) is 5.82. The molecule has 0 aliphatic heterocycles. The van der Waals surface area contributed by atoms with E-state index >= 15 is 0 Å². The Balaban J connectivity index is 2.70. The summed E-state index contributed by atoms with van der Waals surface area (Å²) in [5, 5.41) is 11.2. The van der Waals surface area contributed by atoms with Crippen molar-refractivity contribution in [2.24, 2.45) is 0 Å². The Bertz CT molecular complexity index is 282. The highest BCUT2D eigenvalue weighted by atomic mass is 35.5. The third kappa shape index (κ3) is 3.73. The Morgan fingerprint density at radius 3 is 2.47 bits per heavy atom. The smallest absolute Gasteiger partial charge is 0.322 e. The minimum absolute atomic E-state index is 0.274. The van der Waals surface area contributed by atoms with E-state index < -0.39 is 11.1 Å². The van der Waals surface area contributed by atoms with Crippen LogP contribution < -0.4 is 0 Å². The second kappa shape index (κ2) is 6.64. The molecule has 0 aromatic heterocycles. The molecule has 0 N–H and O–H groups in total. The van der Waals surface area contributed by atoms with Crippen molar-refractivity contribution in [1.29, 1.82) is 0 Å². The van der Waals surface area contributed by atoms with Gasteiger partial charge < -0.3 is 4.90 Å². The van der Waals surface area contributed by atoms with Crippen molar-refractivity contribution in [1.82, 2.24) is 9.91 Å². The normalized spacial score (nSPS) is 16.6. The van der Waals surface area contributed by atoms with Gasteiger partial charge in [-0.3, -0.25) is 0 Å². The van der Waals surface area contributed by atoms with Crippen molar-refractivity contribution in [3.63, 3.8) is 0 Å². The molecule has 0 atom stereocenters. The van der Waals surface area contributed by atoms with Gasteiger partial charge in [-0.2, -0.15) is 0 Å². The number of urea groups is 1. The van der Waals surface area contributed by atoms with E-state index in [1.807, 2.05) is 0 Å². The summed E-state index contributed by atoms with van der Waals surface area (Å²) in [6.07, 6.45) is 4.40. The lowest BCUT2D eigenvalue weighted by Gasteiger charge is -2.28. The first-order valence-corrected chi connectivity index (χ1v) is 6.36. The summed E-state index contributed by atoms with van der Waals surface area (Å²) in [5.41, 5.74) is 0. The van der Waals surface area contributed by atoms with E-state index in [0.717, 1.165) is 24.3 Å². The maximum Gasteiger partial charge on any atom is 0.377 e. The molecule has 1 saturated carbocycles. The van der Waals surface area contributed by atoms with Gasteiger partial charge in [0, 0.05) is 19.5 Å². The minimum atomic E-state index is -0.594. The Labute approximate surface area is 106 Å². The number of hydrogen-bond acceptors (Lipinski definition) is 3. The third-order valence-corrected chi connectivity index (χ3v) is 3.21. The summed E-state index contributed by atoms with van der Waals surface area (Å²) in [6, 6.07) is -0.841. The monoisotopic (exact) mass is 263 g/mol. The van der Waals surface area contributed by atoms with Gasteiger partial charge in [0.15, 0.2) is 5.03 Å². The van der Waals surface area contributed by atoms with Crippen LogP contribution in [0.4, 0.5) is 4.79 Å².